The zero-order valence-electron chi connectivity index (χ0n) is 28.3. The topological polar surface area (TPSA) is 123 Å². The molecule has 0 bridgehead atoms. The van der Waals surface area contributed by atoms with Gasteiger partial charge in [0, 0.05) is 35.4 Å². The van der Waals surface area contributed by atoms with Gasteiger partial charge in [0.2, 0.25) is 0 Å². The fourth-order valence-electron chi connectivity index (χ4n) is 5.54. The average molecular weight is 714 g/mol. The largest absolute Gasteiger partial charge is 0.451 e. The van der Waals surface area contributed by atoms with Crippen molar-refractivity contribution in [3.8, 4) is 6.07 Å². The van der Waals surface area contributed by atoms with E-state index in [4.69, 9.17) is 19.5 Å². The van der Waals surface area contributed by atoms with Gasteiger partial charge in [-0.3, -0.25) is 4.79 Å². The molecule has 3 atom stereocenters. The summed E-state index contributed by atoms with van der Waals surface area (Å²) in [5.74, 6) is -2.83. The van der Waals surface area contributed by atoms with Gasteiger partial charge in [-0.1, -0.05) is 38.1 Å². The van der Waals surface area contributed by atoms with Gasteiger partial charge in [-0.15, -0.1) is 11.8 Å². The molecule has 1 fully saturated rings. The number of halogens is 3. The number of carbonyl (C=O) groups excluding carboxylic acids is 1. The molecule has 3 aromatic rings. The number of nitriles is 1. The van der Waals surface area contributed by atoms with Crippen molar-refractivity contribution in [2.24, 2.45) is 0 Å². The van der Waals surface area contributed by atoms with Crippen LogP contribution in [0.25, 0.3) is 6.08 Å². The summed E-state index contributed by atoms with van der Waals surface area (Å²) in [6.07, 6.45) is 7.82. The number of likely N-dealkylation sites (N-methyl/N-ethyl adjacent to an activating group) is 1. The molecular formula is C36H42F3N5O5S. The third kappa shape index (κ3) is 10.7. The van der Waals surface area contributed by atoms with Crippen molar-refractivity contribution >= 4 is 23.8 Å². The highest BCUT2D eigenvalue weighted by molar-refractivity contribution is 8.00. The molecule has 0 spiro atoms. The Labute approximate surface area is 294 Å². The van der Waals surface area contributed by atoms with Gasteiger partial charge >= 0.3 is 5.97 Å². The first kappa shape index (κ1) is 38.8. The van der Waals surface area contributed by atoms with Crippen LogP contribution in [0.5, 0.6) is 0 Å². The average Bonchev–Trinajstić information content (AvgIpc) is 3.62. The van der Waals surface area contributed by atoms with Crippen molar-refractivity contribution in [3.63, 3.8) is 0 Å². The molecule has 1 saturated heterocycles. The van der Waals surface area contributed by atoms with Crippen LogP contribution in [0.15, 0.2) is 67.3 Å². The molecule has 10 nitrogen and oxygen atoms in total. The van der Waals surface area contributed by atoms with E-state index in [2.05, 4.69) is 10.1 Å². The zero-order chi connectivity index (χ0) is 36.1. The van der Waals surface area contributed by atoms with Gasteiger partial charge in [-0.05, 0) is 56.8 Å². The number of hydrogen-bond donors (Lipinski definition) is 1. The molecule has 2 aromatic carbocycles. The minimum Gasteiger partial charge on any atom is -0.451 e. The van der Waals surface area contributed by atoms with Crippen LogP contribution in [0.2, 0.25) is 0 Å². The summed E-state index contributed by atoms with van der Waals surface area (Å²) >= 11 is 1.36. The van der Waals surface area contributed by atoms with E-state index >= 15 is 4.39 Å². The van der Waals surface area contributed by atoms with E-state index in [1.165, 1.54) is 53.4 Å². The van der Waals surface area contributed by atoms with Gasteiger partial charge in [-0.2, -0.15) is 10.4 Å². The Bertz CT molecular complexity index is 1640. The number of allylic oxidation sites excluding steroid dienone is 2. The lowest BCUT2D eigenvalue weighted by Crippen LogP contribution is -2.47. The van der Waals surface area contributed by atoms with E-state index < -0.39 is 46.7 Å². The molecular weight excluding hydrogens is 671 g/mol. The Kier molecular flexibility index (Phi) is 14.6. The molecule has 1 aliphatic heterocycles. The number of carbonyl (C=O) groups is 1. The Hall–Kier alpha value is -4.00. The smallest absolute Gasteiger partial charge is 0.306 e. The van der Waals surface area contributed by atoms with E-state index in [0.717, 1.165) is 25.2 Å². The van der Waals surface area contributed by atoms with Crippen LogP contribution >= 0.6 is 11.8 Å². The standard InChI is InChI=1S/C36H42F3N5O5S/c1-4-43(5-2)19-29(45)13-15-34(46)49-36(22-44-24-41-23-42-44,31-14-12-28(37)17-33(31)39)25(3)50-30-20-47-35(48-21-30)9-7-6-8-27-11-10-26(18-40)16-32(27)38/h6-12,14,16-17,23-25,29-30,35,45H,4-5,13,15,19-22H2,1-3H3/b8-6+,9-7+/t25-,29?,30?,35?,36-/m1/s1. The number of aromatic nitrogens is 3. The lowest BCUT2D eigenvalue weighted by atomic mass is 9.89. The predicted octanol–water partition coefficient (Wildman–Crippen LogP) is 5.62. The van der Waals surface area contributed by atoms with Crippen LogP contribution in [-0.2, 0) is 31.2 Å². The number of aliphatic hydroxyl groups excluding tert-OH is 1. The number of ether oxygens (including phenoxy) is 3. The summed E-state index contributed by atoms with van der Waals surface area (Å²) in [6.45, 7) is 8.02. The van der Waals surface area contributed by atoms with Crippen LogP contribution < -0.4 is 0 Å². The third-order valence-corrected chi connectivity index (χ3v) is 9.77. The Morgan fingerprint density at radius 2 is 1.94 bits per heavy atom. The highest BCUT2D eigenvalue weighted by Crippen LogP contribution is 2.42. The molecule has 14 heteroatoms. The van der Waals surface area contributed by atoms with Crippen molar-refractivity contribution in [3.05, 3.63) is 101 Å². The second-order valence-corrected chi connectivity index (χ2v) is 13.4. The fraction of sp³-hybridized carbons (Fsp3) is 0.444. The minimum absolute atomic E-state index is 0.0321. The Morgan fingerprint density at radius 3 is 2.58 bits per heavy atom. The molecule has 0 amide bonds. The molecule has 4 rings (SSSR count). The summed E-state index contributed by atoms with van der Waals surface area (Å²) in [5, 5.41) is 22.8. The van der Waals surface area contributed by atoms with Crippen LogP contribution in [-0.4, -0.2) is 86.5 Å². The van der Waals surface area contributed by atoms with Crippen LogP contribution in [0.1, 0.15) is 50.3 Å². The lowest BCUT2D eigenvalue weighted by molar-refractivity contribution is -0.164. The monoisotopic (exact) mass is 713 g/mol. The van der Waals surface area contributed by atoms with Gasteiger partial charge in [0.05, 0.1) is 42.7 Å². The third-order valence-electron chi connectivity index (χ3n) is 8.32. The number of benzene rings is 2. The van der Waals surface area contributed by atoms with E-state index in [1.54, 1.807) is 31.2 Å². The number of aliphatic hydroxyl groups is 1. The van der Waals surface area contributed by atoms with Crippen molar-refractivity contribution in [2.75, 3.05) is 32.8 Å². The first-order valence-electron chi connectivity index (χ1n) is 16.4. The molecule has 0 radical (unpaired) electrons. The highest BCUT2D eigenvalue weighted by atomic mass is 32.2. The summed E-state index contributed by atoms with van der Waals surface area (Å²) in [6, 6.07) is 9.24. The maximum atomic E-state index is 15.6. The Morgan fingerprint density at radius 1 is 1.18 bits per heavy atom. The normalized spacial score (nSPS) is 19.0. The van der Waals surface area contributed by atoms with Gasteiger partial charge in [-0.25, -0.2) is 22.8 Å². The molecule has 2 heterocycles. The van der Waals surface area contributed by atoms with E-state index in [1.807, 2.05) is 24.8 Å². The summed E-state index contributed by atoms with van der Waals surface area (Å²) in [5.41, 5.74) is -1.14. The van der Waals surface area contributed by atoms with Crippen molar-refractivity contribution < 1.29 is 37.3 Å². The second-order valence-electron chi connectivity index (χ2n) is 11.8. The van der Waals surface area contributed by atoms with Gasteiger partial charge in [0.15, 0.2) is 11.9 Å². The summed E-state index contributed by atoms with van der Waals surface area (Å²) in [4.78, 5) is 19.5. The second kappa shape index (κ2) is 18.8. The molecule has 1 N–H and O–H groups in total. The highest BCUT2D eigenvalue weighted by Gasteiger charge is 2.46. The number of nitrogens with zero attached hydrogens (tertiary/aromatic N) is 5. The molecule has 268 valence electrons. The first-order chi connectivity index (χ1) is 24.1. The summed E-state index contributed by atoms with van der Waals surface area (Å²) < 4.78 is 63.3. The number of rotatable bonds is 17. The number of esters is 1. The number of hydrogen-bond acceptors (Lipinski definition) is 10. The first-order valence-corrected chi connectivity index (χ1v) is 17.3. The maximum absolute atomic E-state index is 15.6. The van der Waals surface area contributed by atoms with E-state index in [9.17, 15) is 18.7 Å². The van der Waals surface area contributed by atoms with Gasteiger partial charge in [0.1, 0.15) is 30.1 Å². The van der Waals surface area contributed by atoms with Crippen LogP contribution in [0.3, 0.4) is 0 Å². The zero-order valence-corrected chi connectivity index (χ0v) is 29.1. The van der Waals surface area contributed by atoms with Gasteiger partial charge in [0.25, 0.3) is 0 Å². The molecule has 50 heavy (non-hydrogen) atoms. The van der Waals surface area contributed by atoms with E-state index in [-0.39, 0.29) is 49.0 Å². The van der Waals surface area contributed by atoms with Crippen LogP contribution in [0.4, 0.5) is 13.2 Å². The van der Waals surface area contributed by atoms with Crippen molar-refractivity contribution in [1.29, 1.82) is 5.26 Å². The predicted molar refractivity (Wildman–Crippen MR) is 183 cm³/mol. The molecule has 1 aromatic heterocycles. The quantitative estimate of drug-likeness (QED) is 0.139. The molecule has 1 unspecified atom stereocenters. The molecule has 0 saturated carbocycles. The summed E-state index contributed by atoms with van der Waals surface area (Å²) in [7, 11) is 0. The maximum Gasteiger partial charge on any atom is 0.306 e. The van der Waals surface area contributed by atoms with Crippen molar-refractivity contribution in [2.45, 2.75) is 68.7 Å². The van der Waals surface area contributed by atoms with Crippen molar-refractivity contribution in [1.82, 2.24) is 19.7 Å². The van der Waals surface area contributed by atoms with Gasteiger partial charge < -0.3 is 24.2 Å². The Balaban J connectivity index is 1.48. The minimum atomic E-state index is -1.67. The molecule has 1 aliphatic rings. The number of thioether (sulfide) groups is 1. The van der Waals surface area contributed by atoms with E-state index in [0.29, 0.717) is 12.1 Å². The van der Waals surface area contributed by atoms with Crippen LogP contribution in [0, 0.1) is 28.8 Å². The fourth-order valence-corrected chi connectivity index (χ4v) is 6.90. The SMILES string of the molecule is CCN(CC)CC(O)CCC(=O)O[C@@](Cn1cncn1)(c1ccc(F)cc1F)[C@@H](C)SC1COC(/C=C/C=C/c2ccc(C#N)cc2F)OC1. The lowest BCUT2D eigenvalue weighted by Gasteiger charge is -2.40. The molecule has 0 aliphatic carbocycles.